The Kier molecular flexibility index (Phi) is 4.52. The second-order valence-electron chi connectivity index (χ2n) is 3.88. The van der Waals surface area contributed by atoms with Crippen LogP contribution in [0.25, 0.3) is 0 Å². The number of anilines is 1. The van der Waals surface area contributed by atoms with Crippen LogP contribution in [0.3, 0.4) is 0 Å². The van der Waals surface area contributed by atoms with Gasteiger partial charge in [-0.05, 0) is 18.1 Å². The number of fused-ring (bicyclic) bond motifs is 1. The van der Waals surface area contributed by atoms with Crippen molar-refractivity contribution < 1.29 is 27.9 Å². The number of hydrogen-bond donors (Lipinski definition) is 1. The maximum Gasteiger partial charge on any atom is 0.490 e. The molecule has 0 unspecified atom stereocenters. The summed E-state index contributed by atoms with van der Waals surface area (Å²) >= 11 is 0. The van der Waals surface area contributed by atoms with Gasteiger partial charge in [0.25, 0.3) is 0 Å². The van der Waals surface area contributed by atoms with Gasteiger partial charge in [0.05, 0.1) is 0 Å². The van der Waals surface area contributed by atoms with Crippen molar-refractivity contribution >= 4 is 17.6 Å². The van der Waals surface area contributed by atoms with Gasteiger partial charge in [0, 0.05) is 19.2 Å². The first-order valence-corrected chi connectivity index (χ1v) is 5.38. The van der Waals surface area contributed by atoms with Gasteiger partial charge < -0.3 is 10.0 Å². The third-order valence-corrected chi connectivity index (χ3v) is 2.58. The number of para-hydroxylation sites is 1. The number of halogens is 3. The normalized spacial score (nSPS) is 14.3. The third-order valence-electron chi connectivity index (χ3n) is 2.58. The Bertz CT molecular complexity index is 485. The first-order chi connectivity index (χ1) is 8.73. The summed E-state index contributed by atoms with van der Waals surface area (Å²) in [5.41, 5.74) is 2.34. The van der Waals surface area contributed by atoms with Crippen LogP contribution in [0.2, 0.25) is 0 Å². The molecule has 0 saturated carbocycles. The van der Waals surface area contributed by atoms with E-state index in [2.05, 4.69) is 6.07 Å². The second-order valence-corrected chi connectivity index (χ2v) is 3.88. The van der Waals surface area contributed by atoms with Gasteiger partial charge in [-0.2, -0.15) is 13.2 Å². The Labute approximate surface area is 107 Å². The van der Waals surface area contributed by atoms with Crippen molar-refractivity contribution in [3.63, 3.8) is 0 Å². The SMILES string of the molecule is CN1C(=O)CCc2ccccc21.O=C(O)C(F)(F)F. The predicted octanol–water partition coefficient (Wildman–Crippen LogP) is 2.23. The molecule has 0 radical (unpaired) electrons. The first kappa shape index (κ1) is 15.0. The summed E-state index contributed by atoms with van der Waals surface area (Å²) in [4.78, 5) is 21.9. The number of amides is 1. The molecule has 0 spiro atoms. The van der Waals surface area contributed by atoms with Crippen molar-refractivity contribution in [2.24, 2.45) is 0 Å². The summed E-state index contributed by atoms with van der Waals surface area (Å²) in [6.07, 6.45) is -3.55. The van der Waals surface area contributed by atoms with Crippen LogP contribution in [0.1, 0.15) is 12.0 Å². The molecular weight excluding hydrogens is 263 g/mol. The lowest BCUT2D eigenvalue weighted by molar-refractivity contribution is -0.192. The minimum Gasteiger partial charge on any atom is -0.475 e. The second kappa shape index (κ2) is 5.73. The van der Waals surface area contributed by atoms with Crippen molar-refractivity contribution in [3.05, 3.63) is 29.8 Å². The summed E-state index contributed by atoms with van der Waals surface area (Å²) in [6.45, 7) is 0. The molecule has 7 heteroatoms. The number of carbonyl (C=O) groups excluding carboxylic acids is 1. The number of aliphatic carboxylic acids is 1. The van der Waals surface area contributed by atoms with Gasteiger partial charge in [0.2, 0.25) is 5.91 Å². The number of carboxylic acids is 1. The van der Waals surface area contributed by atoms with E-state index in [0.29, 0.717) is 6.42 Å². The fourth-order valence-corrected chi connectivity index (χ4v) is 1.59. The Morgan fingerprint density at radius 3 is 2.32 bits per heavy atom. The highest BCUT2D eigenvalue weighted by atomic mass is 19.4. The van der Waals surface area contributed by atoms with Gasteiger partial charge in [0.1, 0.15) is 0 Å². The third kappa shape index (κ3) is 3.97. The summed E-state index contributed by atoms with van der Waals surface area (Å²) < 4.78 is 31.7. The molecule has 104 valence electrons. The molecule has 0 aromatic heterocycles. The van der Waals surface area contributed by atoms with Crippen molar-refractivity contribution in [1.29, 1.82) is 0 Å². The average molecular weight is 275 g/mol. The molecule has 0 atom stereocenters. The number of hydrogen-bond acceptors (Lipinski definition) is 2. The monoisotopic (exact) mass is 275 g/mol. The van der Waals surface area contributed by atoms with Crippen LogP contribution in [0, 0.1) is 0 Å². The fraction of sp³-hybridized carbons (Fsp3) is 0.333. The van der Waals surface area contributed by atoms with Crippen LogP contribution in [-0.4, -0.2) is 30.2 Å². The molecule has 2 rings (SSSR count). The Morgan fingerprint density at radius 1 is 1.26 bits per heavy atom. The molecule has 0 bridgehead atoms. The summed E-state index contributed by atoms with van der Waals surface area (Å²) in [7, 11) is 1.83. The van der Waals surface area contributed by atoms with E-state index in [1.165, 1.54) is 5.56 Å². The molecule has 0 aliphatic carbocycles. The van der Waals surface area contributed by atoms with Crippen LogP contribution in [0.4, 0.5) is 18.9 Å². The summed E-state index contributed by atoms with van der Waals surface area (Å²) in [6, 6.07) is 8.06. The van der Waals surface area contributed by atoms with E-state index in [4.69, 9.17) is 9.90 Å². The standard InChI is InChI=1S/C10H11NO.C2HF3O2/c1-11-9-5-3-2-4-8(9)6-7-10(11)12;3-2(4,5)1(6)7/h2-5H,6-7H2,1H3;(H,6,7). The Hall–Kier alpha value is -2.05. The van der Waals surface area contributed by atoms with Crippen molar-refractivity contribution in [2.75, 3.05) is 11.9 Å². The Balaban J connectivity index is 0.000000224. The highest BCUT2D eigenvalue weighted by Gasteiger charge is 2.38. The van der Waals surface area contributed by atoms with Gasteiger partial charge in [-0.15, -0.1) is 0 Å². The zero-order chi connectivity index (χ0) is 14.6. The molecule has 1 heterocycles. The smallest absolute Gasteiger partial charge is 0.475 e. The predicted molar refractivity (Wildman–Crippen MR) is 61.9 cm³/mol. The molecule has 19 heavy (non-hydrogen) atoms. The van der Waals surface area contributed by atoms with Crippen LogP contribution in [-0.2, 0) is 16.0 Å². The van der Waals surface area contributed by atoms with E-state index < -0.39 is 12.1 Å². The van der Waals surface area contributed by atoms with Crippen LogP contribution in [0.5, 0.6) is 0 Å². The molecule has 1 aliphatic heterocycles. The molecule has 4 nitrogen and oxygen atoms in total. The molecule has 0 fully saturated rings. The van der Waals surface area contributed by atoms with Crippen LogP contribution < -0.4 is 4.90 Å². The largest absolute Gasteiger partial charge is 0.490 e. The number of aryl methyl sites for hydroxylation is 1. The van der Waals surface area contributed by atoms with E-state index in [1.54, 1.807) is 4.90 Å². The number of carboxylic acid groups (broad SMARTS) is 1. The summed E-state index contributed by atoms with van der Waals surface area (Å²) in [5.74, 6) is -2.54. The number of rotatable bonds is 0. The number of benzene rings is 1. The van der Waals surface area contributed by atoms with Gasteiger partial charge in [-0.25, -0.2) is 4.79 Å². The lowest BCUT2D eigenvalue weighted by atomic mass is 10.0. The van der Waals surface area contributed by atoms with Crippen LogP contribution in [0.15, 0.2) is 24.3 Å². The zero-order valence-corrected chi connectivity index (χ0v) is 10.1. The maximum absolute atomic E-state index is 11.3. The van der Waals surface area contributed by atoms with Crippen molar-refractivity contribution in [2.45, 2.75) is 19.0 Å². The quantitative estimate of drug-likeness (QED) is 0.790. The zero-order valence-electron chi connectivity index (χ0n) is 10.1. The fourth-order valence-electron chi connectivity index (χ4n) is 1.59. The van der Waals surface area contributed by atoms with Gasteiger partial charge in [0.15, 0.2) is 0 Å². The molecular formula is C12H12F3NO3. The number of alkyl halides is 3. The topological polar surface area (TPSA) is 57.6 Å². The number of carbonyl (C=O) groups is 2. The highest BCUT2D eigenvalue weighted by Crippen LogP contribution is 2.25. The van der Waals surface area contributed by atoms with Crippen molar-refractivity contribution in [1.82, 2.24) is 0 Å². The van der Waals surface area contributed by atoms with E-state index in [9.17, 15) is 18.0 Å². The molecule has 1 aromatic rings. The lowest BCUT2D eigenvalue weighted by Gasteiger charge is -2.25. The van der Waals surface area contributed by atoms with E-state index in [0.717, 1.165) is 12.1 Å². The van der Waals surface area contributed by atoms with Gasteiger partial charge in [-0.3, -0.25) is 4.79 Å². The van der Waals surface area contributed by atoms with E-state index >= 15 is 0 Å². The molecule has 1 amide bonds. The average Bonchev–Trinajstić information content (AvgIpc) is 2.34. The van der Waals surface area contributed by atoms with Crippen molar-refractivity contribution in [3.8, 4) is 0 Å². The molecule has 1 aliphatic rings. The lowest BCUT2D eigenvalue weighted by Crippen LogP contribution is -2.30. The minimum absolute atomic E-state index is 0.216. The number of nitrogens with zero attached hydrogens (tertiary/aromatic N) is 1. The maximum atomic E-state index is 11.3. The molecule has 1 N–H and O–H groups in total. The first-order valence-electron chi connectivity index (χ1n) is 5.38. The minimum atomic E-state index is -5.08. The molecule has 1 aromatic carbocycles. The van der Waals surface area contributed by atoms with E-state index in [-0.39, 0.29) is 5.91 Å². The van der Waals surface area contributed by atoms with Crippen LogP contribution >= 0.6 is 0 Å². The molecule has 0 saturated heterocycles. The Morgan fingerprint density at radius 2 is 1.79 bits per heavy atom. The van der Waals surface area contributed by atoms with E-state index in [1.807, 2.05) is 25.2 Å². The highest BCUT2D eigenvalue weighted by molar-refractivity contribution is 5.95. The van der Waals surface area contributed by atoms with Gasteiger partial charge in [-0.1, -0.05) is 18.2 Å². The van der Waals surface area contributed by atoms with Gasteiger partial charge >= 0.3 is 12.1 Å². The summed E-state index contributed by atoms with van der Waals surface area (Å²) in [5, 5.41) is 7.12.